The van der Waals surface area contributed by atoms with Crippen LogP contribution in [0.1, 0.15) is 48.8 Å². The summed E-state index contributed by atoms with van der Waals surface area (Å²) in [5, 5.41) is 0. The molecule has 3 heteroatoms. The van der Waals surface area contributed by atoms with Gasteiger partial charge < -0.3 is 9.64 Å². The SMILES string of the molecule is Cc1ccc(CN2CC[C@]3(CCCO3)CCC2=O)cc1C. The molecule has 1 aromatic carbocycles. The highest BCUT2D eigenvalue weighted by molar-refractivity contribution is 5.76. The number of hydrogen-bond acceptors (Lipinski definition) is 2. The Morgan fingerprint density at radius 3 is 2.76 bits per heavy atom. The van der Waals surface area contributed by atoms with Crippen molar-refractivity contribution in [2.24, 2.45) is 0 Å². The summed E-state index contributed by atoms with van der Waals surface area (Å²) in [5.74, 6) is 0.278. The lowest BCUT2D eigenvalue weighted by Crippen LogP contribution is -2.32. The molecule has 0 aromatic heterocycles. The Bertz CT molecular complexity index is 532. The summed E-state index contributed by atoms with van der Waals surface area (Å²) in [6, 6.07) is 6.49. The number of rotatable bonds is 2. The van der Waals surface area contributed by atoms with E-state index in [0.717, 1.165) is 45.4 Å². The van der Waals surface area contributed by atoms with Gasteiger partial charge in [-0.3, -0.25) is 4.79 Å². The molecule has 2 fully saturated rings. The van der Waals surface area contributed by atoms with Crippen LogP contribution >= 0.6 is 0 Å². The fourth-order valence-electron chi connectivity index (χ4n) is 3.52. The van der Waals surface area contributed by atoms with Gasteiger partial charge >= 0.3 is 0 Å². The number of likely N-dealkylation sites (tertiary alicyclic amines) is 1. The Labute approximate surface area is 127 Å². The lowest BCUT2D eigenvalue weighted by Gasteiger charge is -2.26. The van der Waals surface area contributed by atoms with E-state index in [1.807, 2.05) is 4.90 Å². The smallest absolute Gasteiger partial charge is 0.222 e. The summed E-state index contributed by atoms with van der Waals surface area (Å²) >= 11 is 0. The minimum atomic E-state index is -0.00635. The molecule has 0 saturated carbocycles. The fraction of sp³-hybridized carbons (Fsp3) is 0.611. The van der Waals surface area contributed by atoms with Crippen molar-refractivity contribution in [2.45, 2.75) is 58.1 Å². The molecule has 2 saturated heterocycles. The number of nitrogens with zero attached hydrogens (tertiary/aromatic N) is 1. The molecule has 1 atom stereocenters. The molecule has 0 bridgehead atoms. The zero-order chi connectivity index (χ0) is 14.9. The van der Waals surface area contributed by atoms with Crippen LogP contribution in [-0.4, -0.2) is 29.6 Å². The third-order valence-corrected chi connectivity index (χ3v) is 5.11. The van der Waals surface area contributed by atoms with Crippen LogP contribution in [0.15, 0.2) is 18.2 Å². The Balaban J connectivity index is 1.69. The van der Waals surface area contributed by atoms with Crippen molar-refractivity contribution in [1.29, 1.82) is 0 Å². The summed E-state index contributed by atoms with van der Waals surface area (Å²) in [6.07, 6.45) is 4.78. The lowest BCUT2D eigenvalue weighted by molar-refractivity contribution is -0.131. The van der Waals surface area contributed by atoms with Crippen molar-refractivity contribution >= 4 is 5.91 Å². The molecule has 1 spiro atoms. The predicted octanol–water partition coefficient (Wildman–Crippen LogP) is 3.37. The van der Waals surface area contributed by atoms with Crippen LogP contribution in [0, 0.1) is 13.8 Å². The van der Waals surface area contributed by atoms with Crippen molar-refractivity contribution < 1.29 is 9.53 Å². The number of carbonyl (C=O) groups is 1. The highest BCUT2D eigenvalue weighted by atomic mass is 16.5. The van der Waals surface area contributed by atoms with Gasteiger partial charge in [-0.1, -0.05) is 18.2 Å². The van der Waals surface area contributed by atoms with Crippen LogP contribution in [0.3, 0.4) is 0 Å². The van der Waals surface area contributed by atoms with Crippen molar-refractivity contribution in [3.05, 3.63) is 34.9 Å². The molecule has 1 aromatic rings. The van der Waals surface area contributed by atoms with Crippen LogP contribution in [0.25, 0.3) is 0 Å². The Hall–Kier alpha value is -1.35. The monoisotopic (exact) mass is 287 g/mol. The molecule has 3 rings (SSSR count). The average molecular weight is 287 g/mol. The maximum Gasteiger partial charge on any atom is 0.222 e. The van der Waals surface area contributed by atoms with Gasteiger partial charge in [0.2, 0.25) is 5.91 Å². The minimum absolute atomic E-state index is 0.00635. The van der Waals surface area contributed by atoms with Crippen molar-refractivity contribution in [1.82, 2.24) is 4.90 Å². The minimum Gasteiger partial charge on any atom is -0.375 e. The maximum absolute atomic E-state index is 12.4. The highest BCUT2D eigenvalue weighted by Crippen LogP contribution is 2.36. The Morgan fingerprint density at radius 1 is 1.19 bits per heavy atom. The number of amides is 1. The fourth-order valence-corrected chi connectivity index (χ4v) is 3.52. The molecule has 0 N–H and O–H groups in total. The summed E-state index contributed by atoms with van der Waals surface area (Å²) in [6.45, 7) is 6.68. The van der Waals surface area contributed by atoms with Gasteiger partial charge in [0.05, 0.1) is 5.60 Å². The van der Waals surface area contributed by atoms with Gasteiger partial charge in [-0.05, 0) is 56.2 Å². The molecule has 2 heterocycles. The number of ether oxygens (including phenoxy) is 1. The molecule has 0 aliphatic carbocycles. The van der Waals surface area contributed by atoms with E-state index in [1.165, 1.54) is 16.7 Å². The number of carbonyl (C=O) groups excluding carboxylic acids is 1. The summed E-state index contributed by atoms with van der Waals surface area (Å²) in [4.78, 5) is 14.4. The van der Waals surface area contributed by atoms with Gasteiger partial charge in [0.1, 0.15) is 0 Å². The predicted molar refractivity (Wildman–Crippen MR) is 83.1 cm³/mol. The molecule has 1 amide bonds. The standard InChI is InChI=1S/C18H25NO2/c1-14-4-5-16(12-15(14)2)13-19-10-9-18(7-3-11-21-18)8-6-17(19)20/h4-5,12H,3,6-11,13H2,1-2H3/t18-/m0/s1. The van der Waals surface area contributed by atoms with Crippen LogP contribution in [0.2, 0.25) is 0 Å². The summed E-state index contributed by atoms with van der Waals surface area (Å²) in [5.41, 5.74) is 3.83. The van der Waals surface area contributed by atoms with Crippen molar-refractivity contribution in [3.8, 4) is 0 Å². The molecule has 0 radical (unpaired) electrons. The molecule has 2 aliphatic rings. The molecule has 21 heavy (non-hydrogen) atoms. The van der Waals surface area contributed by atoms with E-state index >= 15 is 0 Å². The Kier molecular flexibility index (Phi) is 4.03. The van der Waals surface area contributed by atoms with E-state index in [-0.39, 0.29) is 11.5 Å². The van der Waals surface area contributed by atoms with Crippen molar-refractivity contribution in [3.63, 3.8) is 0 Å². The van der Waals surface area contributed by atoms with Gasteiger partial charge in [0, 0.05) is 26.1 Å². The second-order valence-corrected chi connectivity index (χ2v) is 6.62. The van der Waals surface area contributed by atoms with Crippen LogP contribution in [-0.2, 0) is 16.1 Å². The number of hydrogen-bond donors (Lipinski definition) is 0. The summed E-state index contributed by atoms with van der Waals surface area (Å²) < 4.78 is 5.96. The van der Waals surface area contributed by atoms with E-state index in [4.69, 9.17) is 4.74 Å². The third kappa shape index (κ3) is 3.13. The number of benzene rings is 1. The first-order valence-corrected chi connectivity index (χ1v) is 8.06. The van der Waals surface area contributed by atoms with E-state index in [2.05, 4.69) is 32.0 Å². The topological polar surface area (TPSA) is 29.5 Å². The van der Waals surface area contributed by atoms with Gasteiger partial charge in [-0.25, -0.2) is 0 Å². The summed E-state index contributed by atoms with van der Waals surface area (Å²) in [7, 11) is 0. The molecular formula is C18H25NO2. The molecule has 0 unspecified atom stereocenters. The van der Waals surface area contributed by atoms with E-state index in [9.17, 15) is 4.79 Å². The molecule has 3 nitrogen and oxygen atoms in total. The third-order valence-electron chi connectivity index (χ3n) is 5.11. The van der Waals surface area contributed by atoms with Crippen molar-refractivity contribution in [2.75, 3.05) is 13.2 Å². The van der Waals surface area contributed by atoms with Gasteiger partial charge in [-0.2, -0.15) is 0 Å². The van der Waals surface area contributed by atoms with Gasteiger partial charge in [-0.15, -0.1) is 0 Å². The first-order valence-electron chi connectivity index (χ1n) is 8.06. The second-order valence-electron chi connectivity index (χ2n) is 6.62. The largest absolute Gasteiger partial charge is 0.375 e. The van der Waals surface area contributed by atoms with E-state index in [0.29, 0.717) is 6.42 Å². The van der Waals surface area contributed by atoms with Crippen LogP contribution < -0.4 is 0 Å². The Morgan fingerprint density at radius 2 is 2.05 bits per heavy atom. The molecular weight excluding hydrogens is 262 g/mol. The number of aryl methyl sites for hydroxylation is 2. The highest BCUT2D eigenvalue weighted by Gasteiger charge is 2.38. The quantitative estimate of drug-likeness (QED) is 0.834. The molecule has 2 aliphatic heterocycles. The maximum atomic E-state index is 12.4. The van der Waals surface area contributed by atoms with E-state index in [1.54, 1.807) is 0 Å². The average Bonchev–Trinajstić information content (AvgIpc) is 2.88. The zero-order valence-corrected chi connectivity index (χ0v) is 13.2. The van der Waals surface area contributed by atoms with Crippen LogP contribution in [0.5, 0.6) is 0 Å². The first kappa shape index (κ1) is 14.6. The lowest BCUT2D eigenvalue weighted by atomic mass is 9.92. The zero-order valence-electron chi connectivity index (χ0n) is 13.2. The van der Waals surface area contributed by atoms with E-state index < -0.39 is 0 Å². The second kappa shape index (κ2) is 5.80. The normalized spacial score (nSPS) is 26.4. The molecule has 114 valence electrons. The van der Waals surface area contributed by atoms with Crippen LogP contribution in [0.4, 0.5) is 0 Å². The van der Waals surface area contributed by atoms with Gasteiger partial charge in [0.15, 0.2) is 0 Å². The first-order chi connectivity index (χ1) is 10.1. The van der Waals surface area contributed by atoms with Gasteiger partial charge in [0.25, 0.3) is 0 Å².